The Kier molecular flexibility index (Phi) is 7.67. The van der Waals surface area contributed by atoms with Gasteiger partial charge in [-0.3, -0.25) is 9.52 Å². The monoisotopic (exact) mass is 584 g/mol. The van der Waals surface area contributed by atoms with Gasteiger partial charge in [-0.05, 0) is 47.4 Å². The minimum atomic E-state index is -4.30. The van der Waals surface area contributed by atoms with Crippen molar-refractivity contribution in [3.05, 3.63) is 81.1 Å². The molecule has 9 nitrogen and oxygen atoms in total. The van der Waals surface area contributed by atoms with Crippen molar-refractivity contribution < 1.29 is 23.1 Å². The molecular formula is C22H15Cl3N4O5S2. The second-order valence-electron chi connectivity index (χ2n) is 7.47. The number of sulfonamides is 1. The van der Waals surface area contributed by atoms with E-state index in [-0.39, 0.29) is 32.7 Å². The Hall–Kier alpha value is -2.96. The number of aliphatic carboxylic acids is 1. The molecule has 14 heteroatoms. The van der Waals surface area contributed by atoms with Gasteiger partial charge in [-0.2, -0.15) is 12.8 Å². The summed E-state index contributed by atoms with van der Waals surface area (Å²) in [5.41, 5.74) is 0.177. The summed E-state index contributed by atoms with van der Waals surface area (Å²) in [6.45, 7) is 0. The lowest BCUT2D eigenvalue weighted by molar-refractivity contribution is -0.139. The second-order valence-corrected chi connectivity index (χ2v) is 11.1. The highest BCUT2D eigenvalue weighted by Gasteiger charge is 2.27. The number of anilines is 1. The SMILES string of the molecule is O=C(N[C@@H](Cc1ccc(Cl)cc1)C(=O)O)c1cc(Cl)c(Cl)cc1NS(=O)(=O)c1nccc2sncc12. The van der Waals surface area contributed by atoms with Crippen molar-refractivity contribution in [3.8, 4) is 0 Å². The number of halogens is 3. The predicted octanol–water partition coefficient (Wildman–Crippen LogP) is 4.88. The molecule has 2 heterocycles. The first kappa shape index (κ1) is 26.1. The van der Waals surface area contributed by atoms with E-state index < -0.39 is 27.9 Å². The van der Waals surface area contributed by atoms with Crippen LogP contribution in [0.25, 0.3) is 10.1 Å². The molecule has 1 atom stereocenters. The fourth-order valence-electron chi connectivity index (χ4n) is 3.29. The molecule has 0 spiro atoms. The molecule has 4 rings (SSSR count). The van der Waals surface area contributed by atoms with Crippen LogP contribution >= 0.6 is 46.3 Å². The summed E-state index contributed by atoms with van der Waals surface area (Å²) in [6.07, 6.45) is 2.65. The summed E-state index contributed by atoms with van der Waals surface area (Å²) in [6, 6.07) is 9.07. The Morgan fingerprint density at radius 3 is 2.44 bits per heavy atom. The third-order valence-electron chi connectivity index (χ3n) is 5.01. The van der Waals surface area contributed by atoms with Crippen LogP contribution in [0.2, 0.25) is 15.1 Å². The first-order valence-electron chi connectivity index (χ1n) is 10.0. The van der Waals surface area contributed by atoms with Crippen molar-refractivity contribution in [2.75, 3.05) is 4.72 Å². The fourth-order valence-corrected chi connectivity index (χ4v) is 5.66. The highest BCUT2D eigenvalue weighted by Crippen LogP contribution is 2.32. The zero-order valence-electron chi connectivity index (χ0n) is 17.9. The Morgan fingerprint density at radius 1 is 1.06 bits per heavy atom. The minimum absolute atomic E-state index is 0.0229. The first-order valence-corrected chi connectivity index (χ1v) is 13.4. The average Bonchev–Trinajstić information content (AvgIpc) is 3.30. The van der Waals surface area contributed by atoms with Gasteiger partial charge in [0.1, 0.15) is 6.04 Å². The number of aromatic nitrogens is 2. The number of rotatable bonds is 8. The molecule has 0 aliphatic rings. The van der Waals surface area contributed by atoms with E-state index in [1.165, 1.54) is 12.4 Å². The number of pyridine rings is 1. The molecule has 1 amide bonds. The van der Waals surface area contributed by atoms with E-state index in [0.717, 1.165) is 23.7 Å². The smallest absolute Gasteiger partial charge is 0.326 e. The number of carbonyl (C=O) groups excluding carboxylic acids is 1. The van der Waals surface area contributed by atoms with Gasteiger partial charge in [0.15, 0.2) is 5.03 Å². The number of hydrogen-bond donors (Lipinski definition) is 3. The lowest BCUT2D eigenvalue weighted by atomic mass is 10.1. The van der Waals surface area contributed by atoms with Gasteiger partial charge in [-0.15, -0.1) is 0 Å². The number of nitrogens with one attached hydrogen (secondary N) is 2. The van der Waals surface area contributed by atoms with Gasteiger partial charge in [-0.1, -0.05) is 46.9 Å². The van der Waals surface area contributed by atoms with Crippen LogP contribution in [0.3, 0.4) is 0 Å². The zero-order chi connectivity index (χ0) is 26.0. The Morgan fingerprint density at radius 2 is 1.75 bits per heavy atom. The normalized spacial score (nSPS) is 12.3. The predicted molar refractivity (Wildman–Crippen MR) is 139 cm³/mol. The van der Waals surface area contributed by atoms with Crippen molar-refractivity contribution in [2.45, 2.75) is 17.5 Å². The van der Waals surface area contributed by atoms with E-state index in [2.05, 4.69) is 19.4 Å². The average molecular weight is 586 g/mol. The number of nitrogens with zero attached hydrogens (tertiary/aromatic N) is 2. The molecule has 2 aromatic carbocycles. The summed E-state index contributed by atoms with van der Waals surface area (Å²) in [5, 5.41) is 12.5. The zero-order valence-corrected chi connectivity index (χ0v) is 21.8. The Balaban J connectivity index is 1.66. The summed E-state index contributed by atoms with van der Waals surface area (Å²) >= 11 is 19.1. The van der Waals surface area contributed by atoms with Crippen molar-refractivity contribution in [3.63, 3.8) is 0 Å². The summed E-state index contributed by atoms with van der Waals surface area (Å²) in [5.74, 6) is -2.17. The largest absolute Gasteiger partial charge is 0.480 e. The van der Waals surface area contributed by atoms with Crippen LogP contribution in [0.4, 0.5) is 5.69 Å². The molecule has 36 heavy (non-hydrogen) atoms. The second kappa shape index (κ2) is 10.6. The maximum Gasteiger partial charge on any atom is 0.326 e. The number of benzene rings is 2. The standard InChI is InChI=1S/C22H15Cl3N4O5S2/c23-12-3-1-11(2-4-12)7-18(22(31)32)28-20(30)13-8-15(24)16(25)9-17(13)29-36(33,34)21-14-10-27-35-19(14)5-6-26-21/h1-6,8-10,18,29H,7H2,(H,28,30)(H,31,32)/t18-/m0/s1. The van der Waals surface area contributed by atoms with Crippen LogP contribution in [-0.2, 0) is 21.2 Å². The first-order chi connectivity index (χ1) is 17.0. The van der Waals surface area contributed by atoms with Crippen LogP contribution in [0.1, 0.15) is 15.9 Å². The van der Waals surface area contributed by atoms with Gasteiger partial charge in [0, 0.05) is 17.6 Å². The summed E-state index contributed by atoms with van der Waals surface area (Å²) < 4.78 is 33.2. The van der Waals surface area contributed by atoms with Gasteiger partial charge in [-0.25, -0.2) is 9.78 Å². The van der Waals surface area contributed by atoms with Crippen LogP contribution < -0.4 is 10.0 Å². The van der Waals surface area contributed by atoms with Crippen molar-refractivity contribution in [1.29, 1.82) is 0 Å². The van der Waals surface area contributed by atoms with E-state index >= 15 is 0 Å². The quantitative estimate of drug-likeness (QED) is 0.268. The molecule has 0 saturated carbocycles. The highest BCUT2D eigenvalue weighted by atomic mass is 35.5. The molecule has 0 radical (unpaired) electrons. The van der Waals surface area contributed by atoms with E-state index in [0.29, 0.717) is 20.7 Å². The van der Waals surface area contributed by atoms with E-state index in [1.807, 2.05) is 0 Å². The molecule has 4 aromatic rings. The maximum absolute atomic E-state index is 13.2. The molecule has 0 aliphatic heterocycles. The third-order valence-corrected chi connectivity index (χ3v) is 8.07. The van der Waals surface area contributed by atoms with Crippen LogP contribution in [0.15, 0.2) is 59.9 Å². The van der Waals surface area contributed by atoms with Crippen molar-refractivity contribution >= 4 is 84.0 Å². The molecule has 186 valence electrons. The van der Waals surface area contributed by atoms with Crippen molar-refractivity contribution in [2.24, 2.45) is 0 Å². The maximum atomic E-state index is 13.2. The molecule has 0 aliphatic carbocycles. The third kappa shape index (κ3) is 5.71. The van der Waals surface area contributed by atoms with Gasteiger partial charge in [0.05, 0.1) is 37.6 Å². The fraction of sp³-hybridized carbons (Fsp3) is 0.0909. The number of carbonyl (C=O) groups is 2. The molecule has 0 bridgehead atoms. The van der Waals surface area contributed by atoms with Gasteiger partial charge >= 0.3 is 5.97 Å². The highest BCUT2D eigenvalue weighted by molar-refractivity contribution is 7.92. The van der Waals surface area contributed by atoms with Crippen LogP contribution in [-0.4, -0.2) is 40.8 Å². The molecule has 3 N–H and O–H groups in total. The Labute approximate surface area is 224 Å². The number of carboxylic acid groups (broad SMARTS) is 1. The molecular weight excluding hydrogens is 571 g/mol. The molecule has 0 fully saturated rings. The van der Waals surface area contributed by atoms with Gasteiger partial charge < -0.3 is 10.4 Å². The summed E-state index contributed by atoms with van der Waals surface area (Å²) in [4.78, 5) is 28.9. The topological polar surface area (TPSA) is 138 Å². The lowest BCUT2D eigenvalue weighted by Crippen LogP contribution is -2.42. The van der Waals surface area contributed by atoms with Crippen LogP contribution in [0, 0.1) is 0 Å². The number of carboxylic acids is 1. The lowest BCUT2D eigenvalue weighted by Gasteiger charge is -2.18. The summed E-state index contributed by atoms with van der Waals surface area (Å²) in [7, 11) is -4.30. The van der Waals surface area contributed by atoms with Gasteiger partial charge in [0.25, 0.3) is 15.9 Å². The van der Waals surface area contributed by atoms with E-state index in [1.54, 1.807) is 30.3 Å². The molecule has 2 aromatic heterocycles. The molecule has 0 unspecified atom stereocenters. The number of hydrogen-bond acceptors (Lipinski definition) is 7. The van der Waals surface area contributed by atoms with E-state index in [4.69, 9.17) is 34.8 Å². The number of fused-ring (bicyclic) bond motifs is 1. The van der Waals surface area contributed by atoms with E-state index in [9.17, 15) is 23.1 Å². The molecule has 0 saturated heterocycles. The van der Waals surface area contributed by atoms with Crippen LogP contribution in [0.5, 0.6) is 0 Å². The van der Waals surface area contributed by atoms with Gasteiger partial charge in [0.2, 0.25) is 0 Å². The number of amides is 1. The van der Waals surface area contributed by atoms with Crippen molar-refractivity contribution in [1.82, 2.24) is 14.7 Å². The Bertz CT molecular complexity index is 1580. The minimum Gasteiger partial charge on any atom is -0.480 e.